The van der Waals surface area contributed by atoms with E-state index in [4.69, 9.17) is 5.73 Å². The summed E-state index contributed by atoms with van der Waals surface area (Å²) < 4.78 is 0. The van der Waals surface area contributed by atoms with E-state index in [1.807, 2.05) is 0 Å². The summed E-state index contributed by atoms with van der Waals surface area (Å²) in [5.41, 5.74) is 8.06. The zero-order valence-corrected chi connectivity index (χ0v) is 14.4. The molecule has 1 aromatic rings. The molecule has 1 fully saturated rings. The lowest BCUT2D eigenvalue weighted by molar-refractivity contribution is -0.126. The van der Waals surface area contributed by atoms with Gasteiger partial charge in [-0.1, -0.05) is 29.8 Å². The molecule has 5 heteroatoms. The van der Waals surface area contributed by atoms with Gasteiger partial charge in [0.25, 0.3) is 0 Å². The fraction of sp³-hybridized carbons (Fsp3) is 0.588. The number of carbonyl (C=O) groups is 1. The third kappa shape index (κ3) is 4.97. The van der Waals surface area contributed by atoms with Crippen LogP contribution in [0.15, 0.2) is 24.3 Å². The van der Waals surface area contributed by atoms with E-state index < -0.39 is 0 Å². The smallest absolute Gasteiger partial charge is 0.224 e. The van der Waals surface area contributed by atoms with Gasteiger partial charge in [0.2, 0.25) is 5.91 Å². The number of nitrogens with two attached hydrogens (primary N) is 1. The van der Waals surface area contributed by atoms with Gasteiger partial charge in [0.05, 0.1) is 5.92 Å². The molecular formula is C17H28ClN3O. The van der Waals surface area contributed by atoms with Crippen LogP contribution in [0, 0.1) is 12.8 Å². The zero-order valence-electron chi connectivity index (χ0n) is 13.5. The lowest BCUT2D eigenvalue weighted by atomic mass is 9.94. The number of carbonyl (C=O) groups excluding carboxylic acids is 1. The molecule has 2 atom stereocenters. The van der Waals surface area contributed by atoms with Crippen molar-refractivity contribution in [2.45, 2.75) is 32.7 Å². The Morgan fingerprint density at radius 3 is 2.95 bits per heavy atom. The van der Waals surface area contributed by atoms with Crippen molar-refractivity contribution in [1.29, 1.82) is 0 Å². The Morgan fingerprint density at radius 2 is 2.27 bits per heavy atom. The lowest BCUT2D eigenvalue weighted by Gasteiger charge is -2.36. The van der Waals surface area contributed by atoms with Crippen LogP contribution >= 0.6 is 12.4 Å². The maximum Gasteiger partial charge on any atom is 0.224 e. The molecule has 1 aliphatic rings. The SMILES string of the molecule is Cc1cccc(C(C)N2CCCC(C(=O)NCCN)C2)c1.Cl. The highest BCUT2D eigenvalue weighted by Crippen LogP contribution is 2.27. The largest absolute Gasteiger partial charge is 0.355 e. The van der Waals surface area contributed by atoms with Gasteiger partial charge in [-0.15, -0.1) is 12.4 Å². The Hall–Kier alpha value is -1.10. The van der Waals surface area contributed by atoms with E-state index in [0.29, 0.717) is 19.1 Å². The Bertz CT molecular complexity index is 481. The predicted molar refractivity (Wildman–Crippen MR) is 93.2 cm³/mol. The van der Waals surface area contributed by atoms with Gasteiger partial charge in [-0.05, 0) is 38.8 Å². The van der Waals surface area contributed by atoms with Crippen LogP contribution in [0.1, 0.15) is 36.9 Å². The molecule has 2 unspecified atom stereocenters. The van der Waals surface area contributed by atoms with Crippen molar-refractivity contribution in [1.82, 2.24) is 10.2 Å². The number of likely N-dealkylation sites (tertiary alicyclic amines) is 1. The van der Waals surface area contributed by atoms with E-state index in [1.165, 1.54) is 11.1 Å². The number of hydrogen-bond donors (Lipinski definition) is 2. The number of nitrogens with zero attached hydrogens (tertiary/aromatic N) is 1. The number of rotatable bonds is 5. The number of piperidine rings is 1. The van der Waals surface area contributed by atoms with Gasteiger partial charge in [0.1, 0.15) is 0 Å². The summed E-state index contributed by atoms with van der Waals surface area (Å²) in [7, 11) is 0. The second-order valence-electron chi connectivity index (χ2n) is 6.00. The average Bonchev–Trinajstić information content (AvgIpc) is 2.52. The van der Waals surface area contributed by atoms with Crippen molar-refractivity contribution >= 4 is 18.3 Å². The first-order valence-electron chi connectivity index (χ1n) is 7.90. The standard InChI is InChI=1S/C17H27N3O.ClH/c1-13-5-3-6-15(11-13)14(2)20-10-4-7-16(12-20)17(21)19-9-8-18;/h3,5-6,11,14,16H,4,7-10,12,18H2,1-2H3,(H,19,21);1H. The molecule has 1 amide bonds. The number of halogens is 1. The van der Waals surface area contributed by atoms with E-state index in [2.05, 4.69) is 48.3 Å². The van der Waals surface area contributed by atoms with Crippen molar-refractivity contribution in [3.8, 4) is 0 Å². The highest BCUT2D eigenvalue weighted by molar-refractivity contribution is 5.85. The summed E-state index contributed by atoms with van der Waals surface area (Å²) in [5.74, 6) is 0.249. The van der Waals surface area contributed by atoms with Crippen LogP contribution in [0.5, 0.6) is 0 Å². The molecule has 0 aliphatic carbocycles. The van der Waals surface area contributed by atoms with Gasteiger partial charge >= 0.3 is 0 Å². The van der Waals surface area contributed by atoms with E-state index in [9.17, 15) is 4.79 Å². The fourth-order valence-electron chi connectivity index (χ4n) is 3.05. The molecule has 0 bridgehead atoms. The van der Waals surface area contributed by atoms with Crippen LogP contribution in [0.4, 0.5) is 0 Å². The molecule has 4 nitrogen and oxygen atoms in total. The molecule has 0 radical (unpaired) electrons. The van der Waals surface area contributed by atoms with Crippen molar-refractivity contribution in [2.24, 2.45) is 11.7 Å². The molecule has 0 spiro atoms. The Morgan fingerprint density at radius 1 is 1.50 bits per heavy atom. The predicted octanol–water partition coefficient (Wildman–Crippen LogP) is 2.26. The van der Waals surface area contributed by atoms with Crippen LogP contribution < -0.4 is 11.1 Å². The highest BCUT2D eigenvalue weighted by Gasteiger charge is 2.28. The minimum absolute atomic E-state index is 0. The van der Waals surface area contributed by atoms with Crippen LogP contribution in [0.3, 0.4) is 0 Å². The summed E-state index contributed by atoms with van der Waals surface area (Å²) in [4.78, 5) is 14.5. The maximum atomic E-state index is 12.1. The summed E-state index contributed by atoms with van der Waals surface area (Å²) >= 11 is 0. The quantitative estimate of drug-likeness (QED) is 0.873. The first-order valence-corrected chi connectivity index (χ1v) is 7.90. The number of amides is 1. The second-order valence-corrected chi connectivity index (χ2v) is 6.00. The average molecular weight is 326 g/mol. The minimum atomic E-state index is 0. The number of nitrogens with one attached hydrogen (secondary N) is 1. The highest BCUT2D eigenvalue weighted by atomic mass is 35.5. The van der Waals surface area contributed by atoms with Crippen molar-refractivity contribution in [3.63, 3.8) is 0 Å². The van der Waals surface area contributed by atoms with Gasteiger partial charge in [-0.3, -0.25) is 9.69 Å². The molecule has 0 saturated carbocycles. The third-order valence-corrected chi connectivity index (χ3v) is 4.34. The normalized spacial score (nSPS) is 20.0. The van der Waals surface area contributed by atoms with Crippen molar-refractivity contribution in [2.75, 3.05) is 26.2 Å². The second kappa shape index (κ2) is 9.13. The maximum absolute atomic E-state index is 12.1. The zero-order chi connectivity index (χ0) is 15.2. The van der Waals surface area contributed by atoms with E-state index in [1.54, 1.807) is 0 Å². The minimum Gasteiger partial charge on any atom is -0.355 e. The Labute approximate surface area is 139 Å². The first-order chi connectivity index (χ1) is 10.1. The monoisotopic (exact) mass is 325 g/mol. The van der Waals surface area contributed by atoms with E-state index in [0.717, 1.165) is 25.9 Å². The number of aryl methyl sites for hydroxylation is 1. The first kappa shape index (κ1) is 18.9. The van der Waals surface area contributed by atoms with Crippen LogP contribution in [0.2, 0.25) is 0 Å². The van der Waals surface area contributed by atoms with Crippen LogP contribution in [0.25, 0.3) is 0 Å². The number of benzene rings is 1. The fourth-order valence-corrected chi connectivity index (χ4v) is 3.05. The van der Waals surface area contributed by atoms with Crippen LogP contribution in [-0.2, 0) is 4.79 Å². The van der Waals surface area contributed by atoms with E-state index >= 15 is 0 Å². The molecule has 1 aliphatic heterocycles. The Kier molecular flexibility index (Phi) is 7.87. The summed E-state index contributed by atoms with van der Waals surface area (Å²) in [6, 6.07) is 9.00. The molecule has 22 heavy (non-hydrogen) atoms. The molecule has 3 N–H and O–H groups in total. The van der Waals surface area contributed by atoms with Gasteiger partial charge < -0.3 is 11.1 Å². The number of hydrogen-bond acceptors (Lipinski definition) is 3. The van der Waals surface area contributed by atoms with Crippen molar-refractivity contribution in [3.05, 3.63) is 35.4 Å². The molecule has 0 aromatic heterocycles. The van der Waals surface area contributed by atoms with Gasteiger partial charge in [0, 0.05) is 25.7 Å². The van der Waals surface area contributed by atoms with E-state index in [-0.39, 0.29) is 24.2 Å². The molecule has 2 rings (SSSR count). The summed E-state index contributed by atoms with van der Waals surface area (Å²) in [5, 5.41) is 2.92. The van der Waals surface area contributed by atoms with Crippen molar-refractivity contribution < 1.29 is 4.79 Å². The lowest BCUT2D eigenvalue weighted by Crippen LogP contribution is -2.44. The van der Waals surface area contributed by atoms with Gasteiger partial charge in [-0.2, -0.15) is 0 Å². The molecule has 1 heterocycles. The van der Waals surface area contributed by atoms with Gasteiger partial charge in [0.15, 0.2) is 0 Å². The summed E-state index contributed by atoms with van der Waals surface area (Å²) in [6.45, 7) is 7.33. The Balaban J connectivity index is 0.00000242. The molecule has 1 aromatic carbocycles. The molecule has 1 saturated heterocycles. The topological polar surface area (TPSA) is 58.4 Å². The third-order valence-electron chi connectivity index (χ3n) is 4.34. The molecule has 124 valence electrons. The van der Waals surface area contributed by atoms with Crippen LogP contribution in [-0.4, -0.2) is 37.0 Å². The van der Waals surface area contributed by atoms with Gasteiger partial charge in [-0.25, -0.2) is 0 Å². The summed E-state index contributed by atoms with van der Waals surface area (Å²) in [6.07, 6.45) is 2.06. The molecular weight excluding hydrogens is 298 g/mol.